The predicted octanol–water partition coefficient (Wildman–Crippen LogP) is -0.368. The fraction of sp³-hybridized carbons (Fsp3) is 0.583. The summed E-state index contributed by atoms with van der Waals surface area (Å²) in [5, 5.41) is 9.03. The van der Waals surface area contributed by atoms with Gasteiger partial charge in [0.2, 0.25) is 0 Å². The zero-order chi connectivity index (χ0) is 14.3. The van der Waals surface area contributed by atoms with E-state index in [-0.39, 0.29) is 12.4 Å². The van der Waals surface area contributed by atoms with Gasteiger partial charge in [-0.15, -0.1) is 0 Å². The van der Waals surface area contributed by atoms with Crippen molar-refractivity contribution in [2.45, 2.75) is 13.5 Å². The summed E-state index contributed by atoms with van der Waals surface area (Å²) in [5.74, 6) is 5.45. The number of nitrogen functional groups attached to an aromatic ring is 1. The first kappa shape index (κ1) is 15.6. The molecule has 0 saturated carbocycles. The van der Waals surface area contributed by atoms with Gasteiger partial charge in [-0.3, -0.25) is 15.1 Å². The number of methoxy groups -OCH3 is 1. The van der Waals surface area contributed by atoms with E-state index in [9.17, 15) is 4.79 Å². The molecule has 0 aromatic carbocycles. The van der Waals surface area contributed by atoms with E-state index in [1.54, 1.807) is 20.1 Å². The highest BCUT2D eigenvalue weighted by atomic mass is 16.5. The lowest BCUT2D eigenvalue weighted by atomic mass is 10.2. The van der Waals surface area contributed by atoms with Crippen molar-refractivity contribution in [3.8, 4) is 0 Å². The second-order valence-corrected chi connectivity index (χ2v) is 4.16. The number of nitrogens with one attached hydrogen (secondary N) is 1. The number of hydrogen-bond acceptors (Lipinski definition) is 6. The SMILES string of the molecule is COCCN(CCO)Cc1cc(C(=O)NN)oc1C. The first-order valence-electron chi connectivity index (χ1n) is 6.04. The third kappa shape index (κ3) is 4.64. The molecule has 7 heteroatoms. The van der Waals surface area contributed by atoms with Crippen LogP contribution in [0.25, 0.3) is 0 Å². The summed E-state index contributed by atoms with van der Waals surface area (Å²) in [6.45, 7) is 4.24. The molecule has 19 heavy (non-hydrogen) atoms. The number of nitrogens with two attached hydrogens (primary N) is 1. The van der Waals surface area contributed by atoms with Crippen LogP contribution in [-0.2, 0) is 11.3 Å². The fourth-order valence-corrected chi connectivity index (χ4v) is 1.73. The number of ether oxygens (including phenoxy) is 1. The first-order chi connectivity index (χ1) is 9.12. The van der Waals surface area contributed by atoms with E-state index in [1.165, 1.54) is 0 Å². The Kier molecular flexibility index (Phi) is 6.51. The number of aliphatic hydroxyl groups excluding tert-OH is 1. The van der Waals surface area contributed by atoms with Gasteiger partial charge in [0.05, 0.1) is 13.2 Å². The summed E-state index contributed by atoms with van der Waals surface area (Å²) in [4.78, 5) is 13.4. The number of aliphatic hydroxyl groups is 1. The average Bonchev–Trinajstić information content (AvgIpc) is 2.77. The lowest BCUT2D eigenvalue weighted by molar-refractivity contribution is 0.0924. The highest BCUT2D eigenvalue weighted by Crippen LogP contribution is 2.16. The van der Waals surface area contributed by atoms with Gasteiger partial charge >= 0.3 is 5.91 Å². The lowest BCUT2D eigenvalue weighted by Crippen LogP contribution is -2.30. The average molecular weight is 271 g/mol. The maximum Gasteiger partial charge on any atom is 0.300 e. The van der Waals surface area contributed by atoms with Crippen LogP contribution in [0.4, 0.5) is 0 Å². The Hall–Kier alpha value is -1.41. The van der Waals surface area contributed by atoms with Crippen LogP contribution in [0.5, 0.6) is 0 Å². The van der Waals surface area contributed by atoms with E-state index in [0.717, 1.165) is 5.56 Å². The monoisotopic (exact) mass is 271 g/mol. The summed E-state index contributed by atoms with van der Waals surface area (Å²) in [7, 11) is 1.63. The van der Waals surface area contributed by atoms with Crippen molar-refractivity contribution in [1.29, 1.82) is 0 Å². The van der Waals surface area contributed by atoms with Crippen LogP contribution in [0.2, 0.25) is 0 Å². The van der Waals surface area contributed by atoms with Gasteiger partial charge in [0.25, 0.3) is 0 Å². The minimum absolute atomic E-state index is 0.0662. The van der Waals surface area contributed by atoms with Crippen LogP contribution in [0.3, 0.4) is 0 Å². The summed E-state index contributed by atoms with van der Waals surface area (Å²) >= 11 is 0. The summed E-state index contributed by atoms with van der Waals surface area (Å²) in [6.07, 6.45) is 0. The quantitative estimate of drug-likeness (QED) is 0.339. The third-order valence-electron chi connectivity index (χ3n) is 2.80. The molecule has 7 nitrogen and oxygen atoms in total. The van der Waals surface area contributed by atoms with Gasteiger partial charge < -0.3 is 14.3 Å². The summed E-state index contributed by atoms with van der Waals surface area (Å²) < 4.78 is 10.4. The van der Waals surface area contributed by atoms with Gasteiger partial charge in [0.1, 0.15) is 5.76 Å². The van der Waals surface area contributed by atoms with Gasteiger partial charge in [0.15, 0.2) is 5.76 Å². The van der Waals surface area contributed by atoms with E-state index in [1.807, 2.05) is 10.3 Å². The standard InChI is InChI=1S/C12H21N3O4/c1-9-10(7-11(19-9)12(17)14-13)8-15(3-5-16)4-6-18-2/h7,16H,3-6,8,13H2,1-2H3,(H,14,17). The molecule has 0 unspecified atom stereocenters. The van der Waals surface area contributed by atoms with Crippen LogP contribution in [0.1, 0.15) is 21.9 Å². The van der Waals surface area contributed by atoms with E-state index in [4.69, 9.17) is 20.1 Å². The molecule has 0 bridgehead atoms. The zero-order valence-corrected chi connectivity index (χ0v) is 11.3. The Morgan fingerprint density at radius 1 is 1.58 bits per heavy atom. The first-order valence-corrected chi connectivity index (χ1v) is 6.04. The van der Waals surface area contributed by atoms with E-state index in [2.05, 4.69) is 0 Å². The molecule has 0 aliphatic carbocycles. The van der Waals surface area contributed by atoms with Crippen LogP contribution in [0.15, 0.2) is 10.5 Å². The Labute approximate surface area is 112 Å². The Morgan fingerprint density at radius 3 is 2.89 bits per heavy atom. The second-order valence-electron chi connectivity index (χ2n) is 4.16. The number of carbonyl (C=O) groups is 1. The molecule has 0 aliphatic rings. The highest BCUT2D eigenvalue weighted by Gasteiger charge is 2.15. The van der Waals surface area contributed by atoms with Crippen molar-refractivity contribution in [3.05, 3.63) is 23.2 Å². The van der Waals surface area contributed by atoms with Gasteiger partial charge in [-0.2, -0.15) is 0 Å². The van der Waals surface area contributed by atoms with Crippen LogP contribution in [-0.4, -0.2) is 49.3 Å². The number of rotatable bonds is 8. The number of hydrazine groups is 1. The van der Waals surface area contributed by atoms with Crippen molar-refractivity contribution in [1.82, 2.24) is 10.3 Å². The van der Waals surface area contributed by atoms with Crippen molar-refractivity contribution in [2.75, 3.05) is 33.4 Å². The van der Waals surface area contributed by atoms with Crippen molar-refractivity contribution < 1.29 is 19.1 Å². The van der Waals surface area contributed by atoms with E-state index >= 15 is 0 Å². The maximum absolute atomic E-state index is 11.4. The molecular formula is C12H21N3O4. The molecule has 4 N–H and O–H groups in total. The molecule has 0 spiro atoms. The number of furan rings is 1. The maximum atomic E-state index is 11.4. The minimum Gasteiger partial charge on any atom is -0.456 e. The molecule has 1 aromatic heterocycles. The second kappa shape index (κ2) is 7.90. The number of hydrogen-bond donors (Lipinski definition) is 3. The molecule has 0 radical (unpaired) electrons. The van der Waals surface area contributed by atoms with Crippen molar-refractivity contribution >= 4 is 5.91 Å². The largest absolute Gasteiger partial charge is 0.456 e. The predicted molar refractivity (Wildman–Crippen MR) is 69.3 cm³/mol. The molecule has 1 heterocycles. The van der Waals surface area contributed by atoms with Gasteiger partial charge in [-0.25, -0.2) is 5.84 Å². The number of aryl methyl sites for hydroxylation is 1. The summed E-state index contributed by atoms with van der Waals surface area (Å²) in [5.41, 5.74) is 2.92. The number of nitrogens with zero attached hydrogens (tertiary/aromatic N) is 1. The zero-order valence-electron chi connectivity index (χ0n) is 11.3. The van der Waals surface area contributed by atoms with Crippen LogP contribution >= 0.6 is 0 Å². The minimum atomic E-state index is -0.458. The van der Waals surface area contributed by atoms with Crippen LogP contribution < -0.4 is 11.3 Å². The molecule has 0 saturated heterocycles. The van der Waals surface area contributed by atoms with Gasteiger partial charge in [-0.1, -0.05) is 0 Å². The molecule has 0 aliphatic heterocycles. The van der Waals surface area contributed by atoms with E-state index in [0.29, 0.717) is 32.0 Å². The van der Waals surface area contributed by atoms with Gasteiger partial charge in [-0.05, 0) is 13.0 Å². The van der Waals surface area contributed by atoms with Crippen molar-refractivity contribution in [3.63, 3.8) is 0 Å². The third-order valence-corrected chi connectivity index (χ3v) is 2.80. The molecule has 0 fully saturated rings. The topological polar surface area (TPSA) is 101 Å². The van der Waals surface area contributed by atoms with Crippen molar-refractivity contribution in [2.24, 2.45) is 5.84 Å². The normalized spacial score (nSPS) is 11.0. The summed E-state index contributed by atoms with van der Waals surface area (Å²) in [6, 6.07) is 1.66. The molecule has 1 aromatic rings. The highest BCUT2D eigenvalue weighted by molar-refractivity contribution is 5.91. The molecule has 0 atom stereocenters. The van der Waals surface area contributed by atoms with Gasteiger partial charge in [0, 0.05) is 32.3 Å². The molecule has 108 valence electrons. The number of amides is 1. The fourth-order valence-electron chi connectivity index (χ4n) is 1.73. The molecule has 1 rings (SSSR count). The Bertz CT molecular complexity index is 406. The molecule has 1 amide bonds. The van der Waals surface area contributed by atoms with Crippen LogP contribution in [0, 0.1) is 6.92 Å². The number of carbonyl (C=O) groups excluding carboxylic acids is 1. The smallest absolute Gasteiger partial charge is 0.300 e. The Morgan fingerprint density at radius 2 is 2.32 bits per heavy atom. The Balaban J connectivity index is 2.72. The van der Waals surface area contributed by atoms with E-state index < -0.39 is 5.91 Å². The molecular weight excluding hydrogens is 250 g/mol. The lowest BCUT2D eigenvalue weighted by Gasteiger charge is -2.20.